The molecule has 1 aromatic heterocycles. The summed E-state index contributed by atoms with van der Waals surface area (Å²) in [6.07, 6.45) is 4.35. The van der Waals surface area contributed by atoms with Crippen LogP contribution in [0.3, 0.4) is 0 Å². The normalized spacial score (nSPS) is 15.4. The number of rotatable bonds is 3. The predicted octanol–water partition coefficient (Wildman–Crippen LogP) is 2.34. The van der Waals surface area contributed by atoms with Gasteiger partial charge in [-0.25, -0.2) is 4.98 Å². The predicted molar refractivity (Wildman–Crippen MR) is 57.2 cm³/mol. The van der Waals surface area contributed by atoms with Crippen LogP contribution in [0.1, 0.15) is 12.8 Å². The van der Waals surface area contributed by atoms with Crippen molar-refractivity contribution < 1.29 is 4.74 Å². The summed E-state index contributed by atoms with van der Waals surface area (Å²) < 4.78 is 5.63. The lowest BCUT2D eigenvalue weighted by Crippen LogP contribution is -2.09. The van der Waals surface area contributed by atoms with Crippen LogP contribution in [0.15, 0.2) is 12.3 Å². The highest BCUT2D eigenvalue weighted by Crippen LogP contribution is 2.32. The molecule has 0 bridgehead atoms. The van der Waals surface area contributed by atoms with Gasteiger partial charge in [0.2, 0.25) is 0 Å². The van der Waals surface area contributed by atoms with Crippen molar-refractivity contribution in [1.82, 2.24) is 4.98 Å². The van der Waals surface area contributed by atoms with E-state index in [1.807, 2.05) is 25.1 Å². The Kier molecular flexibility index (Phi) is 2.50. The SMILES string of the molecule is CN(C)c1cnc(Cl)c(OC2CC2)c1. The second-order valence-corrected chi connectivity index (χ2v) is 4.05. The number of nitrogens with zero attached hydrogens (tertiary/aromatic N) is 2. The van der Waals surface area contributed by atoms with Crippen molar-refractivity contribution >= 4 is 17.3 Å². The molecule has 0 saturated heterocycles. The molecule has 1 saturated carbocycles. The molecule has 0 amide bonds. The molecule has 0 aliphatic heterocycles. The summed E-state index contributed by atoms with van der Waals surface area (Å²) in [4.78, 5) is 6.06. The summed E-state index contributed by atoms with van der Waals surface area (Å²) in [5.41, 5.74) is 1.00. The summed E-state index contributed by atoms with van der Waals surface area (Å²) >= 11 is 5.92. The Hall–Kier alpha value is -0.960. The van der Waals surface area contributed by atoms with Crippen LogP contribution in [0, 0.1) is 0 Å². The van der Waals surface area contributed by atoms with Gasteiger partial charge < -0.3 is 9.64 Å². The topological polar surface area (TPSA) is 25.4 Å². The van der Waals surface area contributed by atoms with E-state index in [1.54, 1.807) is 6.20 Å². The van der Waals surface area contributed by atoms with E-state index < -0.39 is 0 Å². The fourth-order valence-electron chi connectivity index (χ4n) is 1.11. The Morgan fingerprint density at radius 1 is 1.50 bits per heavy atom. The molecule has 76 valence electrons. The highest BCUT2D eigenvalue weighted by Gasteiger charge is 2.24. The lowest BCUT2D eigenvalue weighted by Gasteiger charge is -2.14. The van der Waals surface area contributed by atoms with Gasteiger partial charge in [-0.05, 0) is 12.8 Å². The number of aromatic nitrogens is 1. The van der Waals surface area contributed by atoms with E-state index in [0.29, 0.717) is 17.0 Å². The van der Waals surface area contributed by atoms with E-state index in [0.717, 1.165) is 18.5 Å². The Labute approximate surface area is 88.6 Å². The zero-order chi connectivity index (χ0) is 10.1. The second kappa shape index (κ2) is 3.65. The minimum atomic E-state index is 0.353. The fourth-order valence-corrected chi connectivity index (χ4v) is 1.26. The molecule has 2 rings (SSSR count). The number of hydrogen-bond donors (Lipinski definition) is 0. The first-order valence-corrected chi connectivity index (χ1v) is 5.04. The van der Waals surface area contributed by atoms with Gasteiger partial charge in [0.25, 0.3) is 0 Å². The zero-order valence-corrected chi connectivity index (χ0v) is 9.08. The molecular weight excluding hydrogens is 200 g/mol. The summed E-state index contributed by atoms with van der Waals surface area (Å²) in [6, 6.07) is 1.92. The van der Waals surface area contributed by atoms with Crippen molar-refractivity contribution in [3.63, 3.8) is 0 Å². The Balaban J connectivity index is 2.21. The first kappa shape index (κ1) is 9.59. The van der Waals surface area contributed by atoms with Gasteiger partial charge in [0.05, 0.1) is 18.0 Å². The molecule has 0 spiro atoms. The molecule has 14 heavy (non-hydrogen) atoms. The summed E-state index contributed by atoms with van der Waals surface area (Å²) in [6.45, 7) is 0. The lowest BCUT2D eigenvalue weighted by atomic mass is 10.4. The maximum atomic E-state index is 5.92. The molecule has 0 radical (unpaired) electrons. The van der Waals surface area contributed by atoms with Crippen molar-refractivity contribution in [2.75, 3.05) is 19.0 Å². The molecule has 3 nitrogen and oxygen atoms in total. The standard InChI is InChI=1S/C10H13ClN2O/c1-13(2)7-5-9(10(11)12-6-7)14-8-3-4-8/h5-6,8H,3-4H2,1-2H3. The smallest absolute Gasteiger partial charge is 0.171 e. The number of halogens is 1. The highest BCUT2D eigenvalue weighted by molar-refractivity contribution is 6.30. The van der Waals surface area contributed by atoms with Gasteiger partial charge in [0.15, 0.2) is 10.9 Å². The fraction of sp³-hybridized carbons (Fsp3) is 0.500. The van der Waals surface area contributed by atoms with Crippen molar-refractivity contribution in [3.8, 4) is 5.75 Å². The largest absolute Gasteiger partial charge is 0.487 e. The summed E-state index contributed by atoms with van der Waals surface area (Å²) in [5.74, 6) is 0.695. The molecule has 0 N–H and O–H groups in total. The molecule has 1 aromatic rings. The van der Waals surface area contributed by atoms with Gasteiger partial charge in [0, 0.05) is 20.2 Å². The number of hydrogen-bond acceptors (Lipinski definition) is 3. The number of ether oxygens (including phenoxy) is 1. The minimum Gasteiger partial charge on any atom is -0.487 e. The third-order valence-electron chi connectivity index (χ3n) is 2.13. The average molecular weight is 213 g/mol. The van der Waals surface area contributed by atoms with Crippen LogP contribution in [0.25, 0.3) is 0 Å². The third-order valence-corrected chi connectivity index (χ3v) is 2.41. The van der Waals surface area contributed by atoms with Crippen LogP contribution in [-0.4, -0.2) is 25.2 Å². The molecule has 1 aliphatic carbocycles. The van der Waals surface area contributed by atoms with E-state index in [2.05, 4.69) is 4.98 Å². The molecule has 1 aliphatic rings. The van der Waals surface area contributed by atoms with Gasteiger partial charge in [-0.3, -0.25) is 0 Å². The Bertz CT molecular complexity index is 337. The maximum Gasteiger partial charge on any atom is 0.171 e. The van der Waals surface area contributed by atoms with Crippen LogP contribution in [0.4, 0.5) is 5.69 Å². The second-order valence-electron chi connectivity index (χ2n) is 3.69. The van der Waals surface area contributed by atoms with Crippen LogP contribution < -0.4 is 9.64 Å². The van der Waals surface area contributed by atoms with Crippen LogP contribution >= 0.6 is 11.6 Å². The monoisotopic (exact) mass is 212 g/mol. The van der Waals surface area contributed by atoms with Gasteiger partial charge >= 0.3 is 0 Å². The van der Waals surface area contributed by atoms with Crippen LogP contribution in [0.2, 0.25) is 5.15 Å². The highest BCUT2D eigenvalue weighted by atomic mass is 35.5. The molecule has 0 atom stereocenters. The van der Waals surface area contributed by atoms with Gasteiger partial charge in [0.1, 0.15) is 0 Å². The number of anilines is 1. The zero-order valence-electron chi connectivity index (χ0n) is 8.33. The minimum absolute atomic E-state index is 0.353. The van der Waals surface area contributed by atoms with E-state index in [9.17, 15) is 0 Å². The van der Waals surface area contributed by atoms with E-state index in [1.165, 1.54) is 0 Å². The average Bonchev–Trinajstić information content (AvgIpc) is 2.92. The summed E-state index contributed by atoms with van der Waals surface area (Å²) in [5, 5.41) is 0.447. The molecule has 1 fully saturated rings. The lowest BCUT2D eigenvalue weighted by molar-refractivity contribution is 0.302. The molecular formula is C10H13ClN2O. The van der Waals surface area contributed by atoms with Crippen molar-refractivity contribution in [1.29, 1.82) is 0 Å². The molecule has 0 aromatic carbocycles. The van der Waals surface area contributed by atoms with E-state index in [-0.39, 0.29) is 0 Å². The first-order valence-electron chi connectivity index (χ1n) is 4.66. The van der Waals surface area contributed by atoms with Crippen LogP contribution in [-0.2, 0) is 0 Å². The summed E-state index contributed by atoms with van der Waals surface area (Å²) in [7, 11) is 3.93. The Morgan fingerprint density at radius 2 is 2.21 bits per heavy atom. The van der Waals surface area contributed by atoms with Crippen molar-refractivity contribution in [2.45, 2.75) is 18.9 Å². The van der Waals surface area contributed by atoms with Gasteiger partial charge in [-0.15, -0.1) is 0 Å². The van der Waals surface area contributed by atoms with E-state index >= 15 is 0 Å². The Morgan fingerprint density at radius 3 is 2.79 bits per heavy atom. The van der Waals surface area contributed by atoms with Crippen molar-refractivity contribution in [3.05, 3.63) is 17.4 Å². The van der Waals surface area contributed by atoms with Gasteiger partial charge in [-0.1, -0.05) is 11.6 Å². The third kappa shape index (κ3) is 2.10. The van der Waals surface area contributed by atoms with Gasteiger partial charge in [-0.2, -0.15) is 0 Å². The van der Waals surface area contributed by atoms with E-state index in [4.69, 9.17) is 16.3 Å². The van der Waals surface area contributed by atoms with Crippen LogP contribution in [0.5, 0.6) is 5.75 Å². The first-order chi connectivity index (χ1) is 6.66. The number of pyridine rings is 1. The molecule has 0 unspecified atom stereocenters. The quantitative estimate of drug-likeness (QED) is 0.720. The molecule has 1 heterocycles. The molecule has 4 heteroatoms. The van der Waals surface area contributed by atoms with Crippen molar-refractivity contribution in [2.24, 2.45) is 0 Å². The maximum absolute atomic E-state index is 5.92.